The fourth-order valence-electron chi connectivity index (χ4n) is 5.76. The van der Waals surface area contributed by atoms with Gasteiger partial charge in [-0.25, -0.2) is 0 Å². The first-order valence-corrected chi connectivity index (χ1v) is 22.8. The number of nitrogens with zero attached hydrogens (tertiary/aromatic N) is 3. The summed E-state index contributed by atoms with van der Waals surface area (Å²) in [6.07, 6.45) is 0.802. The molecule has 0 aliphatic carbocycles. The van der Waals surface area contributed by atoms with Crippen LogP contribution in [0.1, 0.15) is 16.7 Å². The summed E-state index contributed by atoms with van der Waals surface area (Å²) in [5.41, 5.74) is 2.02. The third-order valence-electron chi connectivity index (χ3n) is 8.29. The number of para-hydroxylation sites is 6. The van der Waals surface area contributed by atoms with E-state index in [1.807, 2.05) is 91.0 Å². The van der Waals surface area contributed by atoms with Crippen LogP contribution in [0, 0.1) is 0 Å². The minimum Gasteiger partial charge on any atom is -0.413 e. The van der Waals surface area contributed by atoms with Crippen molar-refractivity contribution in [2.24, 2.45) is 13.5 Å². The van der Waals surface area contributed by atoms with E-state index in [4.69, 9.17) is 40.7 Å². The average Bonchev–Trinajstić information content (AvgIpc) is 3.21. The molecule has 0 bridgehead atoms. The van der Waals surface area contributed by atoms with Crippen molar-refractivity contribution in [1.29, 1.82) is 0 Å². The summed E-state index contributed by atoms with van der Waals surface area (Å²) < 4.78 is 57.4. The molecule has 0 unspecified atom stereocenters. The highest BCUT2D eigenvalue weighted by Crippen LogP contribution is 2.78. The van der Waals surface area contributed by atoms with Crippen LogP contribution in [0.4, 0.5) is 0 Å². The van der Waals surface area contributed by atoms with Crippen molar-refractivity contribution in [2.75, 3.05) is 19.8 Å². The highest BCUT2D eigenvalue weighted by atomic mass is 31.3. The smallest absolute Gasteiger partial charge is 0.413 e. The molecule has 0 saturated carbocycles. The van der Waals surface area contributed by atoms with E-state index < -0.39 is 23.0 Å². The summed E-state index contributed by atoms with van der Waals surface area (Å²) in [6.45, 7) is -0.439. The van der Waals surface area contributed by atoms with Crippen molar-refractivity contribution in [3.8, 4) is 34.5 Å². The molecule has 6 aromatic rings. The average molecular weight is 826 g/mol. The van der Waals surface area contributed by atoms with Crippen molar-refractivity contribution < 1.29 is 42.5 Å². The Balaban J connectivity index is 1.60. The molecule has 3 N–H and O–H groups in total. The maximum Gasteiger partial charge on any atom is 0.460 e. The van der Waals surface area contributed by atoms with E-state index in [9.17, 15) is 15.3 Å². The van der Waals surface area contributed by atoms with Gasteiger partial charge in [0.15, 0.2) is 0 Å². The monoisotopic (exact) mass is 825 g/mol. The number of benzene rings is 6. The predicted octanol–water partition coefficient (Wildman–Crippen LogP) is 10.9. The second-order valence-electron chi connectivity index (χ2n) is 12.5. The minimum atomic E-state index is -4.16. The number of rotatable bonds is 18. The van der Waals surface area contributed by atoms with Gasteiger partial charge in [0.05, 0.1) is 0 Å². The van der Waals surface area contributed by atoms with Gasteiger partial charge in [-0.3, -0.25) is 0 Å². The van der Waals surface area contributed by atoms with Crippen molar-refractivity contribution in [3.63, 3.8) is 0 Å². The van der Waals surface area contributed by atoms with Crippen molar-refractivity contribution in [3.05, 3.63) is 180 Å². The molecule has 294 valence electrons. The number of hydrogen-bond donors (Lipinski definition) is 3. The lowest BCUT2D eigenvalue weighted by molar-refractivity contribution is 0.298. The zero-order chi connectivity index (χ0) is 39.4. The summed E-state index contributed by atoms with van der Waals surface area (Å²) in [5.74, 6) is 2.16. The van der Waals surface area contributed by atoms with E-state index in [2.05, 4.69) is 0 Å². The molecule has 0 spiro atoms. The SMILES string of the molecule is OCCc1ccccc1OP1(Oc2ccccc2)=NP(Oc2ccccc2)(Oc2ccccc2CCO)=NP(Oc2ccccc2)(Oc2ccccc2CCO)=N1. The molecule has 1 heterocycles. The van der Waals surface area contributed by atoms with Crippen LogP contribution in [-0.2, 0) is 19.3 Å². The Labute approximate surface area is 332 Å². The van der Waals surface area contributed by atoms with Gasteiger partial charge in [0.25, 0.3) is 0 Å². The predicted molar refractivity (Wildman–Crippen MR) is 223 cm³/mol. The van der Waals surface area contributed by atoms with Crippen LogP contribution in [0.25, 0.3) is 0 Å². The van der Waals surface area contributed by atoms with Crippen LogP contribution < -0.4 is 27.1 Å². The zero-order valence-electron chi connectivity index (χ0n) is 30.8. The van der Waals surface area contributed by atoms with Gasteiger partial charge >= 0.3 is 23.0 Å². The lowest BCUT2D eigenvalue weighted by Crippen LogP contribution is -2.12. The standard InChI is InChI=1S/C42H42N3O9P3/c46-31-28-34-16-10-13-25-40(34)52-55(49-37-19-4-1-5-20-37)43-56(50-38-21-6-2-7-22-38,53-41-26-14-11-17-35(41)29-32-47)45-57(44-55,51-39-23-8-3-9-24-39)54-42-27-15-12-18-36(42)30-33-48/h1-27,46-48H,28-33H2. The molecule has 12 nitrogen and oxygen atoms in total. The van der Waals surface area contributed by atoms with E-state index >= 15 is 0 Å². The maximum absolute atomic E-state index is 10.1. The molecule has 0 amide bonds. The van der Waals surface area contributed by atoms with Gasteiger partial charge in [0.1, 0.15) is 34.5 Å². The molecule has 0 saturated heterocycles. The molecule has 6 aromatic carbocycles. The molecule has 15 heteroatoms. The van der Waals surface area contributed by atoms with E-state index in [1.165, 1.54) is 0 Å². The molecular formula is C42H42N3O9P3. The quantitative estimate of drug-likeness (QED) is 0.0719. The summed E-state index contributed by atoms with van der Waals surface area (Å²) in [4.78, 5) is 0. The van der Waals surface area contributed by atoms with Crippen LogP contribution in [-0.4, -0.2) is 35.1 Å². The second kappa shape index (κ2) is 18.8. The third kappa shape index (κ3) is 10.2. The Bertz CT molecular complexity index is 2130. The topological polar surface area (TPSA) is 153 Å². The summed E-state index contributed by atoms with van der Waals surface area (Å²) in [6, 6.07) is 48.7. The van der Waals surface area contributed by atoms with Crippen molar-refractivity contribution in [1.82, 2.24) is 0 Å². The molecule has 7 rings (SSSR count). The Hall–Kier alpha value is -5.31. The van der Waals surface area contributed by atoms with Gasteiger partial charge in [-0.15, -0.1) is 0 Å². The van der Waals surface area contributed by atoms with Gasteiger partial charge in [-0.1, -0.05) is 123 Å². The van der Waals surface area contributed by atoms with Gasteiger partial charge in [0, 0.05) is 19.8 Å². The van der Waals surface area contributed by atoms with E-state index in [1.54, 1.807) is 72.8 Å². The summed E-state index contributed by atoms with van der Waals surface area (Å²) in [5, 5.41) is 30.2. The largest absolute Gasteiger partial charge is 0.460 e. The Morgan fingerprint density at radius 3 is 0.825 bits per heavy atom. The molecular weight excluding hydrogens is 783 g/mol. The van der Waals surface area contributed by atoms with E-state index in [-0.39, 0.29) is 39.1 Å². The highest BCUT2D eigenvalue weighted by Gasteiger charge is 2.49. The van der Waals surface area contributed by atoms with Crippen LogP contribution in [0.15, 0.2) is 177 Å². The lowest BCUT2D eigenvalue weighted by atomic mass is 10.1. The van der Waals surface area contributed by atoms with Gasteiger partial charge in [0.2, 0.25) is 0 Å². The van der Waals surface area contributed by atoms with E-state index in [0.717, 1.165) is 0 Å². The number of aliphatic hydroxyl groups is 3. The molecule has 0 atom stereocenters. The molecule has 0 radical (unpaired) electrons. The maximum atomic E-state index is 10.1. The second-order valence-corrected chi connectivity index (χ2v) is 18.7. The van der Waals surface area contributed by atoms with Gasteiger partial charge < -0.3 is 42.5 Å². The Kier molecular flexibility index (Phi) is 13.1. The van der Waals surface area contributed by atoms with E-state index in [0.29, 0.717) is 51.2 Å². The molecule has 1 aliphatic rings. The number of aliphatic hydroxyl groups excluding tert-OH is 3. The first kappa shape index (κ1) is 39.9. The molecule has 57 heavy (non-hydrogen) atoms. The number of hydrogen-bond acceptors (Lipinski definition) is 12. The van der Waals surface area contributed by atoms with Crippen LogP contribution >= 0.6 is 23.0 Å². The fraction of sp³-hybridized carbons (Fsp3) is 0.143. The third-order valence-corrected chi connectivity index (χ3v) is 16.4. The first-order valence-electron chi connectivity index (χ1n) is 18.2. The normalized spacial score (nSPS) is 19.8. The van der Waals surface area contributed by atoms with Crippen molar-refractivity contribution >= 4 is 23.0 Å². The van der Waals surface area contributed by atoms with Crippen LogP contribution in [0.5, 0.6) is 34.5 Å². The fourth-order valence-corrected chi connectivity index (χ4v) is 14.9. The van der Waals surface area contributed by atoms with Gasteiger partial charge in [-0.05, 0) is 90.6 Å². The lowest BCUT2D eigenvalue weighted by Gasteiger charge is -2.33. The first-order chi connectivity index (χ1) is 27.9. The van der Waals surface area contributed by atoms with Crippen LogP contribution in [0.2, 0.25) is 0 Å². The minimum absolute atomic E-state index is 0.146. The zero-order valence-corrected chi connectivity index (χ0v) is 33.5. The molecule has 0 fully saturated rings. The van der Waals surface area contributed by atoms with Crippen LogP contribution in [0.3, 0.4) is 0 Å². The Morgan fingerprint density at radius 1 is 0.316 bits per heavy atom. The van der Waals surface area contributed by atoms with Crippen molar-refractivity contribution in [2.45, 2.75) is 19.3 Å². The highest BCUT2D eigenvalue weighted by molar-refractivity contribution is 7.79. The summed E-state index contributed by atoms with van der Waals surface area (Å²) in [7, 11) is -12.5. The molecule has 0 aromatic heterocycles. The summed E-state index contributed by atoms with van der Waals surface area (Å²) >= 11 is 0. The molecule has 1 aliphatic heterocycles. The Morgan fingerprint density at radius 2 is 0.561 bits per heavy atom. The van der Waals surface area contributed by atoms with Gasteiger partial charge in [-0.2, -0.15) is 0 Å².